The fourth-order valence-corrected chi connectivity index (χ4v) is 14.5. The van der Waals surface area contributed by atoms with E-state index in [1.165, 1.54) is 133 Å². The second-order valence-corrected chi connectivity index (χ2v) is 19.3. The SMILES string of the molecule is c1ccc2c(c1)-c1c(ccc3ccccc13)C2(c1ccc2c(c1)-c1ccccc1C21c2ccccc2-c2ccccc21)c1ccc2c(c1)-c1ccccc1C21c2ccccc2-c2ccccc21. The van der Waals surface area contributed by atoms with Gasteiger partial charge >= 0.3 is 0 Å². The van der Waals surface area contributed by atoms with Gasteiger partial charge in [-0.05, 0) is 145 Å². The third-order valence-electron chi connectivity index (χ3n) is 16.8. The quantitative estimate of drug-likeness (QED) is 0.163. The minimum atomic E-state index is -0.633. The van der Waals surface area contributed by atoms with E-state index in [-0.39, 0.29) is 0 Å². The molecule has 0 unspecified atom stereocenters. The van der Waals surface area contributed by atoms with Gasteiger partial charge in [0.2, 0.25) is 0 Å². The van der Waals surface area contributed by atoms with E-state index in [0.29, 0.717) is 0 Å². The van der Waals surface area contributed by atoms with E-state index in [4.69, 9.17) is 0 Å². The largest absolute Gasteiger partial charge is 0.0725 e. The Kier molecular flexibility index (Phi) is 6.72. The van der Waals surface area contributed by atoms with Crippen molar-refractivity contribution in [3.63, 3.8) is 0 Å². The van der Waals surface area contributed by atoms with Crippen LogP contribution in [0.2, 0.25) is 0 Å². The van der Waals surface area contributed by atoms with Crippen LogP contribution < -0.4 is 0 Å². The highest BCUT2D eigenvalue weighted by Gasteiger charge is 2.55. The molecule has 308 valence electrons. The Morgan fingerprint density at radius 3 is 0.910 bits per heavy atom. The van der Waals surface area contributed by atoms with Gasteiger partial charge in [-0.2, -0.15) is 0 Å². The first-order valence-electron chi connectivity index (χ1n) is 23.8. The van der Waals surface area contributed by atoms with Crippen LogP contribution in [0, 0.1) is 0 Å². The van der Waals surface area contributed by atoms with Crippen molar-refractivity contribution >= 4 is 10.8 Å². The zero-order chi connectivity index (χ0) is 43.6. The molecular formula is C67H40. The number of fused-ring (bicyclic) bond motifs is 25. The maximum absolute atomic E-state index is 2.60. The maximum Gasteiger partial charge on any atom is 0.0725 e. The highest BCUT2D eigenvalue weighted by molar-refractivity contribution is 6.05. The van der Waals surface area contributed by atoms with E-state index in [2.05, 4.69) is 243 Å². The van der Waals surface area contributed by atoms with Crippen LogP contribution in [0.5, 0.6) is 0 Å². The lowest BCUT2D eigenvalue weighted by molar-refractivity contribution is 0.758. The topological polar surface area (TPSA) is 0 Å². The van der Waals surface area contributed by atoms with Crippen molar-refractivity contribution < 1.29 is 0 Å². The number of benzene rings is 11. The minimum absolute atomic E-state index is 0.411. The van der Waals surface area contributed by atoms with Crippen molar-refractivity contribution in [2.75, 3.05) is 0 Å². The number of rotatable bonds is 2. The lowest BCUT2D eigenvalue weighted by Gasteiger charge is -2.36. The first-order chi connectivity index (χ1) is 33.2. The van der Waals surface area contributed by atoms with Crippen molar-refractivity contribution in [2.24, 2.45) is 0 Å². The summed E-state index contributed by atoms with van der Waals surface area (Å²) in [5, 5.41) is 2.56. The monoisotopic (exact) mass is 844 g/mol. The van der Waals surface area contributed by atoms with Gasteiger partial charge < -0.3 is 0 Å². The molecular weight excluding hydrogens is 805 g/mol. The van der Waals surface area contributed by atoms with Gasteiger partial charge in [-0.3, -0.25) is 0 Å². The summed E-state index contributed by atoms with van der Waals surface area (Å²) in [5.41, 5.74) is 27.9. The van der Waals surface area contributed by atoms with E-state index in [9.17, 15) is 0 Å². The van der Waals surface area contributed by atoms with E-state index in [1.54, 1.807) is 0 Å². The Bertz CT molecular complexity index is 3720. The summed E-state index contributed by atoms with van der Waals surface area (Å²) in [6.07, 6.45) is 0. The molecule has 0 bridgehead atoms. The Balaban J connectivity index is 1.02. The fraction of sp³-hybridized carbons (Fsp3) is 0.0448. The number of hydrogen-bond acceptors (Lipinski definition) is 0. The van der Waals surface area contributed by atoms with Crippen LogP contribution >= 0.6 is 0 Å². The van der Waals surface area contributed by atoms with Crippen LogP contribution in [-0.4, -0.2) is 0 Å². The Morgan fingerprint density at radius 1 is 0.194 bits per heavy atom. The van der Waals surface area contributed by atoms with Crippen molar-refractivity contribution in [1.29, 1.82) is 0 Å². The third-order valence-corrected chi connectivity index (χ3v) is 16.8. The lowest BCUT2D eigenvalue weighted by Crippen LogP contribution is -2.30. The molecule has 0 N–H and O–H groups in total. The van der Waals surface area contributed by atoms with Gasteiger partial charge in [-0.15, -0.1) is 0 Å². The molecule has 67 heavy (non-hydrogen) atoms. The molecule has 11 aromatic rings. The summed E-state index contributed by atoms with van der Waals surface area (Å²) in [7, 11) is 0. The lowest BCUT2D eigenvalue weighted by atomic mass is 9.65. The van der Waals surface area contributed by atoms with E-state index in [1.807, 2.05) is 0 Å². The molecule has 0 aliphatic heterocycles. The molecule has 2 spiro atoms. The number of hydrogen-bond donors (Lipinski definition) is 0. The highest BCUT2D eigenvalue weighted by Crippen LogP contribution is 2.67. The smallest absolute Gasteiger partial charge is 0.0619 e. The van der Waals surface area contributed by atoms with Gasteiger partial charge in [0.1, 0.15) is 0 Å². The zero-order valence-corrected chi connectivity index (χ0v) is 36.6. The molecule has 0 fully saturated rings. The van der Waals surface area contributed by atoms with Crippen LogP contribution in [0.15, 0.2) is 243 Å². The van der Waals surface area contributed by atoms with Gasteiger partial charge in [0.05, 0.1) is 16.2 Å². The molecule has 11 aromatic carbocycles. The van der Waals surface area contributed by atoms with E-state index >= 15 is 0 Å². The second kappa shape index (κ2) is 12.5. The Hall–Kier alpha value is -8.32. The summed E-state index contributed by atoms with van der Waals surface area (Å²) < 4.78 is 0. The average molecular weight is 845 g/mol. The van der Waals surface area contributed by atoms with E-state index in [0.717, 1.165) is 0 Å². The van der Waals surface area contributed by atoms with Crippen molar-refractivity contribution in [3.05, 3.63) is 309 Å². The summed E-state index contributed by atoms with van der Waals surface area (Å²) in [6, 6.07) is 93.3. The summed E-state index contributed by atoms with van der Waals surface area (Å²) in [6.45, 7) is 0. The van der Waals surface area contributed by atoms with Gasteiger partial charge in [0.15, 0.2) is 0 Å². The molecule has 0 amide bonds. The van der Waals surface area contributed by atoms with Crippen molar-refractivity contribution in [3.8, 4) is 55.6 Å². The van der Waals surface area contributed by atoms with Crippen LogP contribution in [-0.2, 0) is 16.2 Å². The average Bonchev–Trinajstić information content (AvgIpc) is 4.15. The van der Waals surface area contributed by atoms with Crippen LogP contribution in [0.25, 0.3) is 66.4 Å². The summed E-state index contributed by atoms with van der Waals surface area (Å²) in [4.78, 5) is 0. The predicted octanol–water partition coefficient (Wildman–Crippen LogP) is 15.9. The van der Waals surface area contributed by atoms with Crippen LogP contribution in [0.1, 0.15) is 66.8 Å². The second-order valence-electron chi connectivity index (χ2n) is 19.3. The van der Waals surface area contributed by atoms with Gasteiger partial charge in [-0.25, -0.2) is 0 Å². The minimum Gasteiger partial charge on any atom is -0.0619 e. The molecule has 16 rings (SSSR count). The van der Waals surface area contributed by atoms with Gasteiger partial charge in [0.25, 0.3) is 0 Å². The van der Waals surface area contributed by atoms with Crippen molar-refractivity contribution in [1.82, 2.24) is 0 Å². The molecule has 0 heterocycles. The maximum atomic E-state index is 2.60. The molecule has 0 saturated heterocycles. The first-order valence-corrected chi connectivity index (χ1v) is 23.8. The zero-order valence-electron chi connectivity index (χ0n) is 36.6. The normalized spacial score (nSPS) is 15.5. The Labute approximate surface area is 390 Å². The van der Waals surface area contributed by atoms with Crippen molar-refractivity contribution in [2.45, 2.75) is 16.2 Å². The third kappa shape index (κ3) is 4.03. The van der Waals surface area contributed by atoms with Crippen LogP contribution in [0.3, 0.4) is 0 Å². The fourth-order valence-electron chi connectivity index (χ4n) is 14.5. The molecule has 0 radical (unpaired) electrons. The molecule has 5 aliphatic carbocycles. The molecule has 5 aliphatic rings. The highest BCUT2D eigenvalue weighted by atomic mass is 14.6. The van der Waals surface area contributed by atoms with Gasteiger partial charge in [-0.1, -0.05) is 231 Å². The summed E-state index contributed by atoms with van der Waals surface area (Å²) >= 11 is 0. The van der Waals surface area contributed by atoms with Gasteiger partial charge in [0, 0.05) is 0 Å². The standard InChI is InChI=1S/C67H40/c1-2-18-44-41(17-1)33-36-63-64(44)51-25-9-16-32-60(51)65(63,42-34-37-61-52(39-42)49-23-7-14-30-58(49)66(61)54-26-10-3-19-45(54)46-20-4-11-27-55(46)66)43-35-38-62-53(40-43)50-24-8-15-31-59(50)67(62)56-28-12-5-21-47(56)48-22-6-13-29-57(48)67/h1-40H. The van der Waals surface area contributed by atoms with E-state index < -0.39 is 16.2 Å². The molecule has 0 nitrogen and oxygen atoms in total. The first kappa shape index (κ1) is 36.0. The van der Waals surface area contributed by atoms with Crippen LogP contribution in [0.4, 0.5) is 0 Å². The molecule has 0 saturated carbocycles. The molecule has 0 atom stereocenters. The molecule has 0 heteroatoms. The predicted molar refractivity (Wildman–Crippen MR) is 274 cm³/mol. The molecule has 0 aromatic heterocycles. The Morgan fingerprint density at radius 2 is 0.493 bits per heavy atom. The summed E-state index contributed by atoms with van der Waals surface area (Å²) in [5.74, 6) is 0.